The van der Waals surface area contributed by atoms with Crippen LogP contribution in [0.3, 0.4) is 0 Å². The van der Waals surface area contributed by atoms with Crippen LogP contribution in [0, 0.1) is 6.92 Å². The minimum Gasteiger partial charge on any atom is -0.354 e. The molecule has 6 nitrogen and oxygen atoms in total. The zero-order chi connectivity index (χ0) is 18.7. The lowest BCUT2D eigenvalue weighted by Gasteiger charge is -2.34. The second-order valence-electron chi connectivity index (χ2n) is 6.34. The number of hydrogen-bond donors (Lipinski definition) is 1. The minimum absolute atomic E-state index is 0.180. The number of nitrogens with one attached hydrogen (secondary N) is 1. The summed E-state index contributed by atoms with van der Waals surface area (Å²) in [5.41, 5.74) is 1.16. The van der Waals surface area contributed by atoms with Crippen LogP contribution in [0.4, 0.5) is 11.5 Å². The Bertz CT molecular complexity index is 863. The number of benzene rings is 1. The molecule has 1 fully saturated rings. The summed E-state index contributed by atoms with van der Waals surface area (Å²) >= 11 is 5.97. The van der Waals surface area contributed by atoms with Gasteiger partial charge in [-0.15, -0.1) is 0 Å². The van der Waals surface area contributed by atoms with Crippen molar-refractivity contribution in [2.75, 3.05) is 42.3 Å². The molecular formula is C18H23ClN4O2S. The number of anilines is 2. The largest absolute Gasteiger partial charge is 0.354 e. The summed E-state index contributed by atoms with van der Waals surface area (Å²) in [4.78, 5) is 9.21. The molecule has 1 saturated heterocycles. The van der Waals surface area contributed by atoms with Gasteiger partial charge in [-0.2, -0.15) is 0 Å². The van der Waals surface area contributed by atoms with Crippen LogP contribution in [0.15, 0.2) is 41.4 Å². The van der Waals surface area contributed by atoms with Crippen LogP contribution in [0.25, 0.3) is 0 Å². The fourth-order valence-electron chi connectivity index (χ4n) is 2.93. The first kappa shape index (κ1) is 18.9. The molecular weight excluding hydrogens is 372 g/mol. The Balaban J connectivity index is 1.70. The summed E-state index contributed by atoms with van der Waals surface area (Å²) in [7, 11) is -3.67. The van der Waals surface area contributed by atoms with Gasteiger partial charge in [0.15, 0.2) is 0 Å². The van der Waals surface area contributed by atoms with Crippen molar-refractivity contribution in [2.45, 2.75) is 18.7 Å². The molecule has 3 rings (SSSR count). The first-order chi connectivity index (χ1) is 12.4. The van der Waals surface area contributed by atoms with E-state index in [2.05, 4.69) is 26.4 Å². The van der Waals surface area contributed by atoms with Gasteiger partial charge < -0.3 is 9.80 Å². The Morgan fingerprint density at radius 3 is 2.46 bits per heavy atom. The zero-order valence-corrected chi connectivity index (χ0v) is 16.5. The molecule has 0 unspecified atom stereocenters. The van der Waals surface area contributed by atoms with Crippen LogP contribution in [0.2, 0.25) is 5.02 Å². The highest BCUT2D eigenvalue weighted by atomic mass is 35.5. The van der Waals surface area contributed by atoms with Gasteiger partial charge in [0, 0.05) is 31.2 Å². The summed E-state index contributed by atoms with van der Waals surface area (Å²) in [6.45, 7) is 8.88. The fourth-order valence-corrected chi connectivity index (χ4v) is 4.17. The van der Waals surface area contributed by atoms with Gasteiger partial charge in [-0.3, -0.25) is 4.72 Å². The van der Waals surface area contributed by atoms with E-state index < -0.39 is 10.0 Å². The molecule has 0 amide bonds. The molecule has 1 aliphatic heterocycles. The molecule has 0 atom stereocenters. The lowest BCUT2D eigenvalue weighted by atomic mass is 10.2. The van der Waals surface area contributed by atoms with Crippen molar-refractivity contribution in [3.8, 4) is 0 Å². The van der Waals surface area contributed by atoms with E-state index in [0.717, 1.165) is 38.5 Å². The molecule has 0 saturated carbocycles. The average Bonchev–Trinajstić information content (AvgIpc) is 2.64. The summed E-state index contributed by atoms with van der Waals surface area (Å²) in [6, 6.07) is 8.23. The zero-order valence-electron chi connectivity index (χ0n) is 14.9. The van der Waals surface area contributed by atoms with Gasteiger partial charge in [-0.25, -0.2) is 13.4 Å². The van der Waals surface area contributed by atoms with Crippen LogP contribution in [0.5, 0.6) is 0 Å². The average molecular weight is 395 g/mol. The standard InChI is InChI=1S/C18H23ClN4O2S/c1-3-22-8-10-23(11-9-22)18-7-4-15(13-20-18)21-26(24,25)16-5-6-17(19)14(2)12-16/h4-7,12-13,21H,3,8-11H2,1-2H3. The number of rotatable bonds is 5. The molecule has 1 aromatic heterocycles. The number of nitrogens with zero attached hydrogens (tertiary/aromatic N) is 3. The van der Waals surface area contributed by atoms with Crippen molar-refractivity contribution in [1.29, 1.82) is 0 Å². The summed E-state index contributed by atoms with van der Waals surface area (Å²) in [6.07, 6.45) is 1.56. The second kappa shape index (κ2) is 7.82. The van der Waals surface area contributed by atoms with Gasteiger partial charge in [0.2, 0.25) is 0 Å². The van der Waals surface area contributed by atoms with Crippen LogP contribution in [0.1, 0.15) is 12.5 Å². The van der Waals surface area contributed by atoms with Gasteiger partial charge in [0.25, 0.3) is 10.0 Å². The van der Waals surface area contributed by atoms with E-state index >= 15 is 0 Å². The van der Waals surface area contributed by atoms with Gasteiger partial charge in [-0.05, 0) is 49.4 Å². The lowest BCUT2D eigenvalue weighted by Crippen LogP contribution is -2.46. The molecule has 0 bridgehead atoms. The van der Waals surface area contributed by atoms with E-state index in [0.29, 0.717) is 16.3 Å². The first-order valence-electron chi connectivity index (χ1n) is 8.61. The fraction of sp³-hybridized carbons (Fsp3) is 0.389. The Labute approximate surface area is 159 Å². The molecule has 2 heterocycles. The van der Waals surface area contributed by atoms with Crippen molar-refractivity contribution in [3.63, 3.8) is 0 Å². The maximum absolute atomic E-state index is 12.5. The molecule has 2 aromatic rings. The number of hydrogen-bond acceptors (Lipinski definition) is 5. The van der Waals surface area contributed by atoms with Crippen molar-refractivity contribution >= 4 is 33.1 Å². The second-order valence-corrected chi connectivity index (χ2v) is 8.43. The van der Waals surface area contributed by atoms with Crippen LogP contribution < -0.4 is 9.62 Å². The molecule has 8 heteroatoms. The smallest absolute Gasteiger partial charge is 0.261 e. The molecule has 0 aliphatic carbocycles. The van der Waals surface area contributed by atoms with E-state index in [-0.39, 0.29) is 4.90 Å². The summed E-state index contributed by atoms with van der Waals surface area (Å²) in [5.74, 6) is 0.867. The molecule has 0 radical (unpaired) electrons. The number of aryl methyl sites for hydroxylation is 1. The third-order valence-corrected chi connectivity index (χ3v) is 6.39. The number of likely N-dealkylation sites (N-methyl/N-ethyl adjacent to an activating group) is 1. The molecule has 1 N–H and O–H groups in total. The highest BCUT2D eigenvalue weighted by Crippen LogP contribution is 2.22. The van der Waals surface area contributed by atoms with Crippen molar-refractivity contribution < 1.29 is 8.42 Å². The van der Waals surface area contributed by atoms with Crippen LogP contribution >= 0.6 is 11.6 Å². The number of piperazine rings is 1. The van der Waals surface area contributed by atoms with E-state index in [4.69, 9.17) is 11.6 Å². The Morgan fingerprint density at radius 2 is 1.88 bits per heavy atom. The monoisotopic (exact) mass is 394 g/mol. The Hall–Kier alpha value is -1.83. The molecule has 140 valence electrons. The van der Waals surface area contributed by atoms with Crippen molar-refractivity contribution in [2.24, 2.45) is 0 Å². The third-order valence-electron chi connectivity index (χ3n) is 4.58. The Kier molecular flexibility index (Phi) is 5.70. The van der Waals surface area contributed by atoms with Gasteiger partial charge in [0.05, 0.1) is 16.8 Å². The number of aromatic nitrogens is 1. The molecule has 26 heavy (non-hydrogen) atoms. The quantitative estimate of drug-likeness (QED) is 0.844. The van der Waals surface area contributed by atoms with E-state index in [9.17, 15) is 8.42 Å². The number of halogens is 1. The number of sulfonamides is 1. The predicted octanol–water partition coefficient (Wildman–Crippen LogP) is 2.99. The maximum atomic E-state index is 12.5. The lowest BCUT2D eigenvalue weighted by molar-refractivity contribution is 0.270. The Morgan fingerprint density at radius 1 is 1.15 bits per heavy atom. The van der Waals surface area contributed by atoms with Crippen molar-refractivity contribution in [3.05, 3.63) is 47.1 Å². The van der Waals surface area contributed by atoms with Crippen molar-refractivity contribution in [1.82, 2.24) is 9.88 Å². The third kappa shape index (κ3) is 4.28. The van der Waals surface area contributed by atoms with Crippen LogP contribution in [-0.2, 0) is 10.0 Å². The SMILES string of the molecule is CCN1CCN(c2ccc(NS(=O)(=O)c3ccc(Cl)c(C)c3)cn2)CC1. The van der Waals surface area contributed by atoms with Gasteiger partial charge in [0.1, 0.15) is 5.82 Å². The minimum atomic E-state index is -3.67. The molecule has 0 spiro atoms. The van der Waals surface area contributed by atoms with E-state index in [1.165, 1.54) is 6.07 Å². The predicted molar refractivity (Wildman–Crippen MR) is 106 cm³/mol. The highest BCUT2D eigenvalue weighted by Gasteiger charge is 2.18. The number of pyridine rings is 1. The maximum Gasteiger partial charge on any atom is 0.261 e. The first-order valence-corrected chi connectivity index (χ1v) is 10.5. The molecule has 1 aliphatic rings. The van der Waals surface area contributed by atoms with E-state index in [1.54, 1.807) is 31.3 Å². The summed E-state index contributed by atoms with van der Waals surface area (Å²) in [5, 5.41) is 0.540. The normalized spacial score (nSPS) is 15.9. The summed E-state index contributed by atoms with van der Waals surface area (Å²) < 4.78 is 27.6. The van der Waals surface area contributed by atoms with Crippen LogP contribution in [-0.4, -0.2) is 51.0 Å². The highest BCUT2D eigenvalue weighted by molar-refractivity contribution is 7.92. The van der Waals surface area contributed by atoms with Gasteiger partial charge >= 0.3 is 0 Å². The topological polar surface area (TPSA) is 65.5 Å². The van der Waals surface area contributed by atoms with E-state index in [1.807, 2.05) is 6.07 Å². The molecule has 1 aromatic carbocycles. The van der Waals surface area contributed by atoms with Gasteiger partial charge in [-0.1, -0.05) is 18.5 Å².